The molecule has 3 atom stereocenters. The quantitative estimate of drug-likeness (QED) is 0.381. The van der Waals surface area contributed by atoms with E-state index in [1.54, 1.807) is 0 Å². The molecule has 0 radical (unpaired) electrons. The van der Waals surface area contributed by atoms with Crippen molar-refractivity contribution in [2.24, 2.45) is 5.41 Å². The maximum absolute atomic E-state index is 14.5. The summed E-state index contributed by atoms with van der Waals surface area (Å²) in [5.41, 5.74) is 0.996. The second-order valence-electron chi connectivity index (χ2n) is 12.9. The first kappa shape index (κ1) is 27.1. The fraction of sp³-hybridized carbons (Fsp3) is 0.548. The molecule has 2 spiro atoms. The minimum absolute atomic E-state index is 0.00370. The molecule has 1 saturated heterocycles. The van der Waals surface area contributed by atoms with E-state index in [1.807, 2.05) is 42.5 Å². The first-order valence-electron chi connectivity index (χ1n) is 14.2. The van der Waals surface area contributed by atoms with Gasteiger partial charge < -0.3 is 15.7 Å². The van der Waals surface area contributed by atoms with Gasteiger partial charge in [-0.1, -0.05) is 55.2 Å². The molecule has 2 aliphatic carbocycles. The van der Waals surface area contributed by atoms with Crippen LogP contribution in [0.25, 0.3) is 0 Å². The van der Waals surface area contributed by atoms with Gasteiger partial charge in [-0.3, -0.25) is 14.9 Å². The van der Waals surface area contributed by atoms with Crippen LogP contribution in [0.1, 0.15) is 82.3 Å². The van der Waals surface area contributed by atoms with Gasteiger partial charge in [0.2, 0.25) is 11.8 Å². The van der Waals surface area contributed by atoms with Gasteiger partial charge in [0.25, 0.3) is 0 Å². The van der Waals surface area contributed by atoms with Gasteiger partial charge in [0.1, 0.15) is 5.41 Å². The average molecular weight is 571 g/mol. The van der Waals surface area contributed by atoms with Crippen LogP contribution < -0.4 is 16.0 Å². The zero-order valence-corrected chi connectivity index (χ0v) is 24.0. The second-order valence-corrected chi connectivity index (χ2v) is 13.7. The van der Waals surface area contributed by atoms with Crippen LogP contribution in [-0.4, -0.2) is 40.6 Å². The molecule has 208 valence electrons. The minimum Gasteiger partial charge on any atom is -0.393 e. The van der Waals surface area contributed by atoms with Crippen LogP contribution in [0, 0.1) is 5.41 Å². The SMILES string of the molecule is CC1(C)CCC2(CC1)N[C@@H](C(=O)N[C@H]1CC[C@H](O)CC1)[C@H](c1cccc(Cl)c1)[C@]21C(=O)Nc2cc(Cl)ccc21. The van der Waals surface area contributed by atoms with Gasteiger partial charge in [-0.15, -0.1) is 0 Å². The summed E-state index contributed by atoms with van der Waals surface area (Å²) in [5, 5.41) is 21.4. The van der Waals surface area contributed by atoms with Gasteiger partial charge in [0.05, 0.1) is 12.1 Å². The van der Waals surface area contributed by atoms with Crippen molar-refractivity contribution >= 4 is 40.7 Å². The molecule has 2 aromatic rings. The van der Waals surface area contributed by atoms with Gasteiger partial charge in [-0.25, -0.2) is 0 Å². The highest BCUT2D eigenvalue weighted by atomic mass is 35.5. The van der Waals surface area contributed by atoms with Crippen LogP contribution in [0.15, 0.2) is 42.5 Å². The molecule has 4 N–H and O–H groups in total. The van der Waals surface area contributed by atoms with Crippen molar-refractivity contribution in [1.29, 1.82) is 0 Å². The monoisotopic (exact) mass is 569 g/mol. The number of fused-ring (bicyclic) bond motifs is 3. The summed E-state index contributed by atoms with van der Waals surface area (Å²) in [7, 11) is 0. The summed E-state index contributed by atoms with van der Waals surface area (Å²) in [5.74, 6) is -0.667. The fourth-order valence-corrected chi connectivity index (χ4v) is 8.27. The Morgan fingerprint density at radius 3 is 2.36 bits per heavy atom. The predicted octanol–water partition coefficient (Wildman–Crippen LogP) is 5.70. The molecule has 2 aromatic carbocycles. The number of hydrogen-bond acceptors (Lipinski definition) is 4. The normalized spacial score (nSPS) is 32.7. The molecule has 0 bridgehead atoms. The third-order valence-electron chi connectivity index (χ3n) is 9.99. The van der Waals surface area contributed by atoms with E-state index in [4.69, 9.17) is 23.2 Å². The predicted molar refractivity (Wildman–Crippen MR) is 154 cm³/mol. The van der Waals surface area contributed by atoms with Crippen molar-refractivity contribution in [1.82, 2.24) is 10.6 Å². The van der Waals surface area contributed by atoms with E-state index >= 15 is 0 Å². The topological polar surface area (TPSA) is 90.5 Å². The van der Waals surface area contributed by atoms with Crippen LogP contribution in [0.2, 0.25) is 10.0 Å². The Kier molecular flexibility index (Phi) is 6.77. The highest BCUT2D eigenvalue weighted by molar-refractivity contribution is 6.31. The van der Waals surface area contributed by atoms with Crippen LogP contribution in [0.5, 0.6) is 0 Å². The highest BCUT2D eigenvalue weighted by Gasteiger charge is 2.72. The first-order valence-corrected chi connectivity index (χ1v) is 14.9. The lowest BCUT2D eigenvalue weighted by atomic mass is 9.53. The largest absolute Gasteiger partial charge is 0.393 e. The molecule has 6 nitrogen and oxygen atoms in total. The number of hydrogen-bond donors (Lipinski definition) is 4. The molecular weight excluding hydrogens is 533 g/mol. The smallest absolute Gasteiger partial charge is 0.238 e. The van der Waals surface area contributed by atoms with Crippen molar-refractivity contribution in [3.8, 4) is 0 Å². The fourth-order valence-electron chi connectivity index (χ4n) is 7.90. The Balaban J connectivity index is 1.51. The molecule has 4 aliphatic rings. The Hall–Kier alpha value is -2.12. The number of nitrogens with one attached hydrogen (secondary N) is 3. The van der Waals surface area contributed by atoms with Gasteiger partial charge >= 0.3 is 0 Å². The summed E-state index contributed by atoms with van der Waals surface area (Å²) >= 11 is 12.9. The van der Waals surface area contributed by atoms with E-state index in [-0.39, 0.29) is 29.4 Å². The van der Waals surface area contributed by atoms with Gasteiger partial charge in [-0.05, 0) is 92.2 Å². The summed E-state index contributed by atoms with van der Waals surface area (Å²) in [4.78, 5) is 28.7. The minimum atomic E-state index is -1.02. The summed E-state index contributed by atoms with van der Waals surface area (Å²) in [6.07, 6.45) is 5.97. The number of carbonyl (C=O) groups is 2. The van der Waals surface area contributed by atoms with Gasteiger partial charge in [0, 0.05) is 33.2 Å². The van der Waals surface area contributed by atoms with E-state index in [1.165, 1.54) is 0 Å². The molecule has 8 heteroatoms. The van der Waals surface area contributed by atoms with Crippen molar-refractivity contribution in [2.75, 3.05) is 5.32 Å². The van der Waals surface area contributed by atoms with E-state index in [0.29, 0.717) is 28.6 Å². The van der Waals surface area contributed by atoms with Crippen LogP contribution >= 0.6 is 23.2 Å². The zero-order valence-electron chi connectivity index (χ0n) is 22.5. The lowest BCUT2D eigenvalue weighted by molar-refractivity contribution is -0.125. The third-order valence-corrected chi connectivity index (χ3v) is 10.5. The maximum atomic E-state index is 14.5. The van der Waals surface area contributed by atoms with E-state index < -0.39 is 22.9 Å². The molecule has 39 heavy (non-hydrogen) atoms. The lowest BCUT2D eigenvalue weighted by Crippen LogP contribution is -2.61. The Morgan fingerprint density at radius 2 is 1.67 bits per heavy atom. The van der Waals surface area contributed by atoms with Crippen LogP contribution in [0.3, 0.4) is 0 Å². The highest BCUT2D eigenvalue weighted by Crippen LogP contribution is 2.63. The van der Waals surface area contributed by atoms with Crippen LogP contribution in [-0.2, 0) is 15.0 Å². The zero-order chi connectivity index (χ0) is 27.6. The van der Waals surface area contributed by atoms with Gasteiger partial charge in [0.15, 0.2) is 0 Å². The van der Waals surface area contributed by atoms with Crippen molar-refractivity contribution < 1.29 is 14.7 Å². The summed E-state index contributed by atoms with van der Waals surface area (Å²) in [6, 6.07) is 12.6. The maximum Gasteiger partial charge on any atom is 0.238 e. The number of carbonyl (C=O) groups excluding carboxylic acids is 2. The van der Waals surface area contributed by atoms with Crippen molar-refractivity contribution in [2.45, 2.75) is 100 Å². The van der Waals surface area contributed by atoms with Crippen LogP contribution in [0.4, 0.5) is 5.69 Å². The summed E-state index contributed by atoms with van der Waals surface area (Å²) < 4.78 is 0. The molecule has 0 aromatic heterocycles. The third kappa shape index (κ3) is 4.39. The van der Waals surface area contributed by atoms with E-state index in [2.05, 4.69) is 29.8 Å². The van der Waals surface area contributed by atoms with E-state index in [9.17, 15) is 14.7 Å². The number of halogens is 2. The molecule has 2 aliphatic heterocycles. The Bertz CT molecular complexity index is 1300. The number of aliphatic hydroxyl groups is 1. The number of aliphatic hydroxyl groups excluding tert-OH is 1. The molecule has 2 saturated carbocycles. The molecular formula is C31H37Cl2N3O3. The van der Waals surface area contributed by atoms with E-state index in [0.717, 1.165) is 49.7 Å². The molecule has 2 heterocycles. The van der Waals surface area contributed by atoms with Crippen molar-refractivity contribution in [3.05, 3.63) is 63.6 Å². The lowest BCUT2D eigenvalue weighted by Gasteiger charge is -2.50. The Labute approximate surface area is 240 Å². The van der Waals surface area contributed by atoms with Gasteiger partial charge in [-0.2, -0.15) is 0 Å². The number of anilines is 1. The molecule has 6 rings (SSSR count). The molecule has 0 unspecified atom stereocenters. The summed E-state index contributed by atoms with van der Waals surface area (Å²) in [6.45, 7) is 4.56. The average Bonchev–Trinajstić information content (AvgIpc) is 3.35. The molecule has 2 amide bonds. The Morgan fingerprint density at radius 1 is 0.974 bits per heavy atom. The number of amides is 2. The number of rotatable bonds is 3. The van der Waals surface area contributed by atoms with Crippen molar-refractivity contribution in [3.63, 3.8) is 0 Å². The standard InChI is InChI=1S/C31H37Cl2N3O3/c1-29(2)12-14-30(15-13-29)31(23-11-6-20(33)17-24(23)35-28(31)39)25(18-4-3-5-19(32)16-18)26(36-30)27(38)34-21-7-9-22(37)10-8-21/h3-6,11,16-17,21-22,25-26,36-37H,7-10,12-15H2,1-2H3,(H,34,38)(H,35,39)/t21-,22-,25-,26+,31+/m0/s1. The second kappa shape index (κ2) is 9.76. The molecule has 3 fully saturated rings. The number of benzene rings is 2. The first-order chi connectivity index (χ1) is 18.5.